The number of hydrogen-bond donors (Lipinski definition) is 2. The monoisotopic (exact) mass is 477 g/mol. The predicted octanol–water partition coefficient (Wildman–Crippen LogP) is 4.69. The topological polar surface area (TPSA) is 74.0 Å². The highest BCUT2D eigenvalue weighted by atomic mass is 32.2. The van der Waals surface area contributed by atoms with Crippen molar-refractivity contribution in [3.8, 4) is 11.1 Å². The van der Waals surface area contributed by atoms with E-state index in [0.717, 1.165) is 74.5 Å². The van der Waals surface area contributed by atoms with Gasteiger partial charge in [-0.05, 0) is 60.2 Å². The lowest BCUT2D eigenvalue weighted by Crippen LogP contribution is -2.39. The van der Waals surface area contributed by atoms with Crippen LogP contribution in [0, 0.1) is 0 Å². The van der Waals surface area contributed by atoms with Crippen LogP contribution in [0.15, 0.2) is 57.9 Å². The number of amidine groups is 1. The molecule has 0 unspecified atom stereocenters. The van der Waals surface area contributed by atoms with Gasteiger partial charge in [-0.25, -0.2) is 9.30 Å². The molecule has 2 aliphatic heterocycles. The van der Waals surface area contributed by atoms with E-state index in [4.69, 9.17) is 5.73 Å². The molecule has 6 nitrogen and oxygen atoms in total. The van der Waals surface area contributed by atoms with E-state index >= 15 is 0 Å². The first-order chi connectivity index (χ1) is 16.6. The highest BCUT2D eigenvalue weighted by Gasteiger charge is 2.21. The van der Waals surface area contributed by atoms with E-state index in [2.05, 4.69) is 70.9 Å². The number of nitrogens with two attached hydrogens (primary N) is 1. The van der Waals surface area contributed by atoms with Crippen molar-refractivity contribution in [1.82, 2.24) is 14.5 Å². The third-order valence-electron chi connectivity index (χ3n) is 6.02. The molecule has 2 aromatic rings. The number of aliphatic imine (C=N–C) groups is 1. The quantitative estimate of drug-likeness (QED) is 0.540. The highest BCUT2D eigenvalue weighted by molar-refractivity contribution is 7.97. The molecule has 2 aromatic carbocycles. The third-order valence-corrected chi connectivity index (χ3v) is 7.11. The molecule has 4 rings (SSSR count). The van der Waals surface area contributed by atoms with Crippen LogP contribution in [0.5, 0.6) is 0 Å². The molecule has 0 bridgehead atoms. The second kappa shape index (κ2) is 11.7. The fraction of sp³-hybridized carbons (Fsp3) is 0.407. The Morgan fingerprint density at radius 3 is 2.56 bits per heavy atom. The first-order valence-electron chi connectivity index (χ1n) is 12.3. The fourth-order valence-corrected chi connectivity index (χ4v) is 5.36. The summed E-state index contributed by atoms with van der Waals surface area (Å²) in [6, 6.07) is 14.9. The number of rotatable bonds is 8. The zero-order valence-corrected chi connectivity index (χ0v) is 21.0. The average Bonchev–Trinajstić information content (AvgIpc) is 3.01. The molecule has 180 valence electrons. The number of nitrogens with zero attached hydrogens (tertiary/aromatic N) is 3. The molecule has 7 heteroatoms. The molecular weight excluding hydrogens is 442 g/mol. The molecule has 1 fully saturated rings. The van der Waals surface area contributed by atoms with Gasteiger partial charge in [-0.3, -0.25) is 4.79 Å². The smallest absolute Gasteiger partial charge is 0.250 e. The number of piperazine rings is 1. The van der Waals surface area contributed by atoms with E-state index in [9.17, 15) is 4.79 Å². The van der Waals surface area contributed by atoms with Crippen molar-refractivity contribution in [2.45, 2.75) is 38.0 Å². The molecule has 0 radical (unpaired) electrons. The summed E-state index contributed by atoms with van der Waals surface area (Å²) in [5, 5.41) is 3.40. The standard InChI is InChI=1S/C27H35N5OS/c1-3-12-31(13-4-2)27(33)23-16-22-9-8-21(18-25(22)30-26(28)19-23)20-6-5-7-24(17-20)34-32-14-10-29-11-15-32/h5-9,16-18,29H,3-4,10-15,19H2,1-2H3,(H2,28,30). The van der Waals surface area contributed by atoms with Crippen molar-refractivity contribution in [3.63, 3.8) is 0 Å². The van der Waals surface area contributed by atoms with E-state index in [-0.39, 0.29) is 5.91 Å². The van der Waals surface area contributed by atoms with Gasteiger partial charge in [-0.15, -0.1) is 0 Å². The van der Waals surface area contributed by atoms with Gasteiger partial charge in [0.2, 0.25) is 5.91 Å². The number of amides is 1. The summed E-state index contributed by atoms with van der Waals surface area (Å²) >= 11 is 1.81. The fourth-order valence-electron chi connectivity index (χ4n) is 4.38. The van der Waals surface area contributed by atoms with Gasteiger partial charge in [0.25, 0.3) is 0 Å². The molecule has 0 atom stereocenters. The maximum absolute atomic E-state index is 13.2. The number of nitrogens with one attached hydrogen (secondary N) is 1. The second-order valence-corrected chi connectivity index (χ2v) is 9.98. The molecule has 34 heavy (non-hydrogen) atoms. The minimum atomic E-state index is 0.0661. The van der Waals surface area contributed by atoms with Crippen LogP contribution in [0.3, 0.4) is 0 Å². The van der Waals surface area contributed by atoms with Crippen LogP contribution >= 0.6 is 11.9 Å². The molecule has 0 aromatic heterocycles. The van der Waals surface area contributed by atoms with Crippen LogP contribution in [-0.2, 0) is 4.79 Å². The predicted molar refractivity (Wildman–Crippen MR) is 143 cm³/mol. The molecule has 2 aliphatic rings. The molecule has 0 spiro atoms. The van der Waals surface area contributed by atoms with Crippen molar-refractivity contribution >= 4 is 35.5 Å². The molecule has 0 aliphatic carbocycles. The minimum absolute atomic E-state index is 0.0661. The first kappa shape index (κ1) is 24.5. The van der Waals surface area contributed by atoms with Crippen LogP contribution in [0.25, 0.3) is 17.2 Å². The van der Waals surface area contributed by atoms with Crippen molar-refractivity contribution < 1.29 is 4.79 Å². The Morgan fingerprint density at radius 2 is 1.82 bits per heavy atom. The van der Waals surface area contributed by atoms with E-state index in [0.29, 0.717) is 17.8 Å². The van der Waals surface area contributed by atoms with Gasteiger partial charge in [0, 0.05) is 61.7 Å². The zero-order chi connectivity index (χ0) is 23.9. The summed E-state index contributed by atoms with van der Waals surface area (Å²) in [5.41, 5.74) is 11.0. The Hall–Kier alpha value is -2.61. The van der Waals surface area contributed by atoms with E-state index in [1.54, 1.807) is 0 Å². The molecular formula is C27H35N5OS. The molecule has 2 heterocycles. The normalized spacial score (nSPS) is 16.3. The molecule has 3 N–H and O–H groups in total. The van der Waals surface area contributed by atoms with Gasteiger partial charge in [-0.2, -0.15) is 0 Å². The Bertz CT molecular complexity index is 1070. The lowest BCUT2D eigenvalue weighted by molar-refractivity contribution is -0.127. The van der Waals surface area contributed by atoms with Gasteiger partial charge in [0.1, 0.15) is 5.84 Å². The van der Waals surface area contributed by atoms with Crippen molar-refractivity contribution in [2.24, 2.45) is 10.7 Å². The van der Waals surface area contributed by atoms with E-state index < -0.39 is 0 Å². The third kappa shape index (κ3) is 6.09. The summed E-state index contributed by atoms with van der Waals surface area (Å²) in [4.78, 5) is 21.1. The second-order valence-electron chi connectivity index (χ2n) is 8.81. The summed E-state index contributed by atoms with van der Waals surface area (Å²) < 4.78 is 2.40. The first-order valence-corrected chi connectivity index (χ1v) is 13.1. The highest BCUT2D eigenvalue weighted by Crippen LogP contribution is 2.34. The minimum Gasteiger partial charge on any atom is -0.387 e. The zero-order valence-electron chi connectivity index (χ0n) is 20.2. The van der Waals surface area contributed by atoms with Gasteiger partial charge < -0.3 is 16.0 Å². The maximum atomic E-state index is 13.2. The summed E-state index contributed by atoms with van der Waals surface area (Å²) in [6.07, 6.45) is 4.23. The van der Waals surface area contributed by atoms with Crippen LogP contribution < -0.4 is 11.1 Å². The Morgan fingerprint density at radius 1 is 1.09 bits per heavy atom. The Kier molecular flexibility index (Phi) is 8.43. The summed E-state index contributed by atoms with van der Waals surface area (Å²) in [5.74, 6) is 0.544. The van der Waals surface area contributed by atoms with E-state index in [1.165, 1.54) is 4.90 Å². The molecule has 1 saturated heterocycles. The lowest BCUT2D eigenvalue weighted by atomic mass is 10.0. The Labute approximate surface area is 207 Å². The van der Waals surface area contributed by atoms with Crippen LogP contribution in [0.2, 0.25) is 0 Å². The number of hydrogen-bond acceptors (Lipinski definition) is 6. The van der Waals surface area contributed by atoms with Gasteiger partial charge in [-0.1, -0.05) is 38.1 Å². The maximum Gasteiger partial charge on any atom is 0.250 e. The van der Waals surface area contributed by atoms with Crippen LogP contribution in [0.4, 0.5) is 5.69 Å². The number of benzene rings is 2. The van der Waals surface area contributed by atoms with Gasteiger partial charge in [0.05, 0.1) is 5.69 Å². The number of fused-ring (bicyclic) bond motifs is 1. The summed E-state index contributed by atoms with van der Waals surface area (Å²) in [6.45, 7) is 9.87. The molecule has 0 saturated carbocycles. The summed E-state index contributed by atoms with van der Waals surface area (Å²) in [7, 11) is 0. The van der Waals surface area contributed by atoms with E-state index in [1.807, 2.05) is 22.9 Å². The van der Waals surface area contributed by atoms with Crippen LogP contribution in [0.1, 0.15) is 38.7 Å². The van der Waals surface area contributed by atoms with Crippen molar-refractivity contribution in [1.29, 1.82) is 0 Å². The number of carbonyl (C=O) groups excluding carboxylic acids is 1. The van der Waals surface area contributed by atoms with Crippen molar-refractivity contribution in [2.75, 3.05) is 39.3 Å². The lowest BCUT2D eigenvalue weighted by Gasteiger charge is -2.26. The Balaban J connectivity index is 1.59. The van der Waals surface area contributed by atoms with Crippen molar-refractivity contribution in [3.05, 3.63) is 53.6 Å². The van der Waals surface area contributed by atoms with Gasteiger partial charge in [0.15, 0.2) is 0 Å². The SMILES string of the molecule is CCCN(CCC)C(=O)C1=Cc2ccc(-c3cccc(SN4CCNCC4)c3)cc2N=C(N)C1. The van der Waals surface area contributed by atoms with Crippen LogP contribution in [-0.4, -0.2) is 60.2 Å². The number of carbonyl (C=O) groups is 1. The molecule has 1 amide bonds. The largest absolute Gasteiger partial charge is 0.387 e. The van der Waals surface area contributed by atoms with Gasteiger partial charge >= 0.3 is 0 Å². The average molecular weight is 478 g/mol.